The van der Waals surface area contributed by atoms with E-state index in [1.807, 2.05) is 0 Å². The molecule has 25 heavy (non-hydrogen) atoms. The number of carboxylic acids is 1. The van der Waals surface area contributed by atoms with Crippen LogP contribution in [-0.2, 0) is 10.0 Å². The van der Waals surface area contributed by atoms with Gasteiger partial charge in [-0.2, -0.15) is 4.31 Å². The molecular weight excluding hydrogens is 344 g/mol. The van der Waals surface area contributed by atoms with Gasteiger partial charge in [-0.3, -0.25) is 0 Å². The molecule has 2 atom stereocenters. The number of nitrogens with zero attached hydrogens (tertiary/aromatic N) is 2. The van der Waals surface area contributed by atoms with Crippen LogP contribution in [0.25, 0.3) is 10.8 Å². The van der Waals surface area contributed by atoms with Gasteiger partial charge in [0.2, 0.25) is 10.0 Å². The van der Waals surface area contributed by atoms with Crippen molar-refractivity contribution in [3.63, 3.8) is 0 Å². The molecule has 8 heteroatoms. The van der Waals surface area contributed by atoms with Crippen LogP contribution in [0.15, 0.2) is 35.4 Å². The number of carbonyl (C=O) groups is 1. The summed E-state index contributed by atoms with van der Waals surface area (Å²) in [4.78, 5) is 15.3. The van der Waals surface area contributed by atoms with E-state index in [1.165, 1.54) is 22.6 Å². The number of fused-ring (bicyclic) bond motifs is 3. The van der Waals surface area contributed by atoms with Crippen LogP contribution in [0.3, 0.4) is 0 Å². The molecule has 2 bridgehead atoms. The fourth-order valence-electron chi connectivity index (χ4n) is 4.18. The average Bonchev–Trinajstić information content (AvgIpc) is 2.86. The number of rotatable bonds is 3. The molecule has 132 valence electrons. The molecule has 2 unspecified atom stereocenters. The summed E-state index contributed by atoms with van der Waals surface area (Å²) in [6.07, 6.45) is 3.24. The smallest absolute Gasteiger partial charge is 0.355 e. The molecule has 0 spiro atoms. The Bertz CT molecular complexity index is 945. The van der Waals surface area contributed by atoms with E-state index >= 15 is 0 Å². The summed E-state index contributed by atoms with van der Waals surface area (Å²) in [5.41, 5.74) is -0.161. The summed E-state index contributed by atoms with van der Waals surface area (Å²) < 4.78 is 28.2. The van der Waals surface area contributed by atoms with Crippen LogP contribution >= 0.6 is 0 Å². The van der Waals surface area contributed by atoms with Crippen molar-refractivity contribution in [2.45, 2.75) is 48.8 Å². The van der Waals surface area contributed by atoms with Gasteiger partial charge in [-0.1, -0.05) is 12.1 Å². The highest BCUT2D eigenvalue weighted by Crippen LogP contribution is 2.41. The molecule has 7 nitrogen and oxygen atoms in total. The van der Waals surface area contributed by atoms with E-state index in [-0.39, 0.29) is 22.7 Å². The second kappa shape index (κ2) is 5.76. The Kier molecular flexibility index (Phi) is 3.78. The maximum atomic E-state index is 13.3. The Hall–Kier alpha value is -2.03. The molecule has 3 heterocycles. The minimum Gasteiger partial charge on any atom is -0.476 e. The van der Waals surface area contributed by atoms with Gasteiger partial charge in [0.25, 0.3) is 0 Å². The van der Waals surface area contributed by atoms with Crippen molar-refractivity contribution in [2.24, 2.45) is 0 Å². The van der Waals surface area contributed by atoms with Crippen LogP contribution in [0.4, 0.5) is 0 Å². The molecule has 1 aromatic heterocycles. The zero-order valence-corrected chi connectivity index (χ0v) is 14.2. The van der Waals surface area contributed by atoms with Crippen LogP contribution in [0, 0.1) is 0 Å². The average molecular weight is 362 g/mol. The lowest BCUT2D eigenvalue weighted by molar-refractivity contribution is 0.0692. The van der Waals surface area contributed by atoms with Crippen LogP contribution < -0.4 is 0 Å². The first-order chi connectivity index (χ1) is 11.9. The van der Waals surface area contributed by atoms with Crippen molar-refractivity contribution < 1.29 is 23.4 Å². The molecule has 0 aliphatic carbocycles. The fourth-order valence-corrected chi connectivity index (χ4v) is 6.29. The minimum absolute atomic E-state index is 0.100. The first-order valence-electron chi connectivity index (χ1n) is 8.22. The predicted molar refractivity (Wildman–Crippen MR) is 89.8 cm³/mol. The lowest BCUT2D eigenvalue weighted by Gasteiger charge is -2.36. The summed E-state index contributed by atoms with van der Waals surface area (Å²) in [5.74, 6) is -1.19. The minimum atomic E-state index is -3.79. The van der Waals surface area contributed by atoms with E-state index in [1.54, 1.807) is 12.1 Å². The summed E-state index contributed by atoms with van der Waals surface area (Å²) in [7, 11) is -3.79. The Morgan fingerprint density at radius 1 is 1.12 bits per heavy atom. The fraction of sp³-hybridized carbons (Fsp3) is 0.412. The molecule has 0 amide bonds. The Morgan fingerprint density at radius 2 is 1.80 bits per heavy atom. The normalized spacial score (nSPS) is 26.8. The lowest BCUT2D eigenvalue weighted by Crippen LogP contribution is -2.47. The van der Waals surface area contributed by atoms with E-state index in [0.29, 0.717) is 23.6 Å². The first kappa shape index (κ1) is 16.4. The molecule has 2 aliphatic heterocycles. The monoisotopic (exact) mass is 362 g/mol. The van der Waals surface area contributed by atoms with Crippen LogP contribution in [-0.4, -0.2) is 52.1 Å². The Balaban J connectivity index is 1.87. The van der Waals surface area contributed by atoms with E-state index in [9.17, 15) is 23.4 Å². The maximum absolute atomic E-state index is 13.3. The number of pyridine rings is 1. The molecule has 0 radical (unpaired) electrons. The van der Waals surface area contributed by atoms with Crippen LogP contribution in [0.1, 0.15) is 36.2 Å². The molecular formula is C17H18N2O5S. The number of aliphatic hydroxyl groups excluding tert-OH is 1. The quantitative estimate of drug-likeness (QED) is 0.859. The van der Waals surface area contributed by atoms with Crippen molar-refractivity contribution in [3.05, 3.63) is 36.2 Å². The largest absolute Gasteiger partial charge is 0.476 e. The summed E-state index contributed by atoms with van der Waals surface area (Å²) in [6, 6.07) is 5.76. The molecule has 1 aromatic carbocycles. The number of carboxylic acid groups (broad SMARTS) is 1. The highest BCUT2D eigenvalue weighted by molar-refractivity contribution is 7.89. The number of aromatic nitrogens is 1. The SMILES string of the molecule is O=C(O)c1nccc2c(S(=O)(=O)N3C4CCC3CC(O)C4)cccc12. The Morgan fingerprint density at radius 3 is 2.44 bits per heavy atom. The molecule has 0 saturated carbocycles. The maximum Gasteiger partial charge on any atom is 0.355 e. The van der Waals surface area contributed by atoms with Gasteiger partial charge in [-0.25, -0.2) is 18.2 Å². The van der Waals surface area contributed by atoms with E-state index < -0.39 is 22.1 Å². The van der Waals surface area contributed by atoms with E-state index in [0.717, 1.165) is 12.8 Å². The third kappa shape index (κ3) is 2.52. The number of aliphatic hydroxyl groups is 1. The second-order valence-corrected chi connectivity index (χ2v) is 8.47. The molecule has 2 saturated heterocycles. The van der Waals surface area contributed by atoms with Crippen molar-refractivity contribution in [1.82, 2.24) is 9.29 Å². The topological polar surface area (TPSA) is 108 Å². The van der Waals surface area contributed by atoms with Crippen LogP contribution in [0.2, 0.25) is 0 Å². The third-order valence-electron chi connectivity index (χ3n) is 5.17. The standard InChI is InChI=1S/C17H18N2O5S/c20-12-8-10-4-5-11(9-12)19(10)25(23,24)15-3-1-2-14-13(15)6-7-18-16(14)17(21)22/h1-3,6-7,10-12,20H,4-5,8-9H2,(H,21,22). The third-order valence-corrected chi connectivity index (χ3v) is 7.23. The van der Waals surface area contributed by atoms with Gasteiger partial charge in [0.15, 0.2) is 5.69 Å². The molecule has 2 aromatic rings. The first-order valence-corrected chi connectivity index (χ1v) is 9.66. The lowest BCUT2D eigenvalue weighted by atomic mass is 10.0. The molecule has 2 fully saturated rings. The summed E-state index contributed by atoms with van der Waals surface area (Å²) in [6.45, 7) is 0. The summed E-state index contributed by atoms with van der Waals surface area (Å²) in [5, 5.41) is 19.9. The summed E-state index contributed by atoms with van der Waals surface area (Å²) >= 11 is 0. The highest BCUT2D eigenvalue weighted by atomic mass is 32.2. The Labute approximate surface area is 145 Å². The number of sulfonamides is 1. The number of aromatic carboxylic acids is 1. The van der Waals surface area contributed by atoms with Gasteiger partial charge >= 0.3 is 5.97 Å². The van der Waals surface area contributed by atoms with Gasteiger partial charge in [-0.15, -0.1) is 0 Å². The van der Waals surface area contributed by atoms with Gasteiger partial charge in [0, 0.05) is 29.1 Å². The number of piperidine rings is 1. The van der Waals surface area contributed by atoms with Gasteiger partial charge in [0.1, 0.15) is 0 Å². The van der Waals surface area contributed by atoms with E-state index in [2.05, 4.69) is 4.98 Å². The second-order valence-electron chi connectivity index (χ2n) is 6.66. The predicted octanol–water partition coefficient (Wildman–Crippen LogP) is 1.61. The number of benzene rings is 1. The molecule has 2 aliphatic rings. The van der Waals surface area contributed by atoms with Gasteiger partial charge < -0.3 is 10.2 Å². The number of hydrogen-bond acceptors (Lipinski definition) is 5. The van der Waals surface area contributed by atoms with Crippen molar-refractivity contribution in [3.8, 4) is 0 Å². The molecule has 4 rings (SSSR count). The van der Waals surface area contributed by atoms with Crippen molar-refractivity contribution >= 4 is 26.8 Å². The van der Waals surface area contributed by atoms with Crippen molar-refractivity contribution in [2.75, 3.05) is 0 Å². The number of hydrogen-bond donors (Lipinski definition) is 2. The van der Waals surface area contributed by atoms with E-state index in [4.69, 9.17) is 0 Å². The highest BCUT2D eigenvalue weighted by Gasteiger charge is 2.47. The zero-order chi connectivity index (χ0) is 17.8. The van der Waals surface area contributed by atoms with Crippen molar-refractivity contribution in [1.29, 1.82) is 0 Å². The van der Waals surface area contributed by atoms with Gasteiger partial charge in [-0.05, 0) is 37.8 Å². The molecule has 2 N–H and O–H groups in total. The van der Waals surface area contributed by atoms with Gasteiger partial charge in [0.05, 0.1) is 11.0 Å². The van der Waals surface area contributed by atoms with Crippen LogP contribution in [0.5, 0.6) is 0 Å². The zero-order valence-electron chi connectivity index (χ0n) is 13.4.